The number of methoxy groups -OCH3 is 1. The summed E-state index contributed by atoms with van der Waals surface area (Å²) in [6.45, 7) is 3.92. The number of aromatic hydroxyl groups is 1. The number of benzene rings is 1. The van der Waals surface area contributed by atoms with Gasteiger partial charge in [-0.1, -0.05) is 17.7 Å². The lowest BCUT2D eigenvalue weighted by Crippen LogP contribution is -2.49. The molecule has 2 bridgehead atoms. The van der Waals surface area contributed by atoms with Crippen LogP contribution < -0.4 is 20.9 Å². The fourth-order valence-electron chi connectivity index (χ4n) is 4.77. The molecule has 0 unspecified atom stereocenters. The lowest BCUT2D eigenvalue weighted by molar-refractivity contribution is 0.0910. The van der Waals surface area contributed by atoms with Gasteiger partial charge in [0.05, 0.1) is 18.3 Å². The molecule has 0 aliphatic heterocycles. The number of ether oxygens (including phenoxy) is 3. The van der Waals surface area contributed by atoms with E-state index in [0.717, 1.165) is 22.5 Å². The van der Waals surface area contributed by atoms with Crippen LogP contribution in [0.3, 0.4) is 0 Å². The highest BCUT2D eigenvalue weighted by molar-refractivity contribution is 5.63. The number of fused-ring (bicyclic) bond motifs is 4. The molecule has 2 aliphatic rings. The molecule has 0 saturated heterocycles. The van der Waals surface area contributed by atoms with Crippen LogP contribution >= 0.6 is 0 Å². The van der Waals surface area contributed by atoms with E-state index < -0.39 is 11.7 Å². The maximum Gasteiger partial charge on any atom is 0.515 e. The van der Waals surface area contributed by atoms with Crippen LogP contribution in [0, 0.1) is 5.92 Å². The second-order valence-electron chi connectivity index (χ2n) is 8.36. The largest absolute Gasteiger partial charge is 0.515 e. The molecular weight excluding hydrogens is 410 g/mol. The number of nitrogens with two attached hydrogens (primary N) is 2. The second kappa shape index (κ2) is 8.20. The zero-order valence-corrected chi connectivity index (χ0v) is 18.3. The summed E-state index contributed by atoms with van der Waals surface area (Å²) < 4.78 is 15.5. The average molecular weight is 437 g/mol. The number of pyridine rings is 1. The first kappa shape index (κ1) is 21.7. The van der Waals surface area contributed by atoms with E-state index >= 15 is 0 Å². The molecule has 32 heavy (non-hydrogen) atoms. The van der Waals surface area contributed by atoms with Crippen molar-refractivity contribution in [3.05, 3.63) is 70.1 Å². The van der Waals surface area contributed by atoms with Gasteiger partial charge in [0.1, 0.15) is 6.61 Å². The van der Waals surface area contributed by atoms with Crippen LogP contribution in [0.5, 0.6) is 17.4 Å². The molecule has 0 amide bonds. The third kappa shape index (κ3) is 3.89. The van der Waals surface area contributed by atoms with Crippen molar-refractivity contribution in [2.75, 3.05) is 7.11 Å². The summed E-state index contributed by atoms with van der Waals surface area (Å²) in [5, 5.41) is 9.65. The quantitative estimate of drug-likeness (QED) is 0.490. The second-order valence-corrected chi connectivity index (χ2v) is 8.36. The molecule has 0 saturated carbocycles. The van der Waals surface area contributed by atoms with E-state index in [0.29, 0.717) is 24.2 Å². The molecule has 4 rings (SSSR count). The normalized spacial score (nSPS) is 23.0. The first-order chi connectivity index (χ1) is 15.2. The number of carbonyl (C=O) groups is 1. The maximum absolute atomic E-state index is 12.2. The van der Waals surface area contributed by atoms with Gasteiger partial charge in [-0.05, 0) is 55.2 Å². The molecule has 2 aliphatic carbocycles. The summed E-state index contributed by atoms with van der Waals surface area (Å²) >= 11 is 0. The third-order valence-electron chi connectivity index (χ3n) is 5.95. The number of hydrogen-bond donors (Lipinski definition) is 3. The van der Waals surface area contributed by atoms with E-state index in [1.54, 1.807) is 18.2 Å². The van der Waals surface area contributed by atoms with Crippen molar-refractivity contribution in [1.82, 2.24) is 4.98 Å². The Bertz CT molecular complexity index is 1140. The lowest BCUT2D eigenvalue weighted by atomic mass is 9.63. The van der Waals surface area contributed by atoms with Gasteiger partial charge < -0.3 is 30.8 Å². The topological polar surface area (TPSA) is 130 Å². The highest BCUT2D eigenvalue weighted by atomic mass is 16.7. The molecule has 0 radical (unpaired) electrons. The summed E-state index contributed by atoms with van der Waals surface area (Å²) in [4.78, 5) is 16.7. The lowest BCUT2D eigenvalue weighted by Gasteiger charge is -2.45. The van der Waals surface area contributed by atoms with Gasteiger partial charge in [-0.15, -0.1) is 0 Å². The predicted molar refractivity (Wildman–Crippen MR) is 118 cm³/mol. The van der Waals surface area contributed by atoms with Crippen molar-refractivity contribution < 1.29 is 24.1 Å². The van der Waals surface area contributed by atoms with Gasteiger partial charge in [0.2, 0.25) is 5.88 Å². The zero-order valence-electron chi connectivity index (χ0n) is 18.3. The average Bonchev–Trinajstić information content (AvgIpc) is 2.71. The minimum Gasteiger partial charge on any atom is -0.504 e. The Labute approximate surface area is 186 Å². The van der Waals surface area contributed by atoms with E-state index in [2.05, 4.69) is 18.0 Å². The van der Waals surface area contributed by atoms with Crippen molar-refractivity contribution in [2.45, 2.75) is 38.8 Å². The van der Waals surface area contributed by atoms with Crippen LogP contribution in [-0.2, 0) is 23.3 Å². The molecule has 2 atom stereocenters. The number of nitrogens with zero attached hydrogens (tertiary/aromatic N) is 1. The molecule has 0 spiro atoms. The standard InChI is InChI=1S/C24H27N3O5/c1-13-8-16-10-18-17(24(26,11-13)22(16)14(2)25)5-7-21(27-18)32-23(29)31-12-15-4-6-19(28)20(9-15)30-3/h4-9,16,28H,10-12,25-26H2,1-3H3/b22-14-/t16-,24-/m1/s1. The summed E-state index contributed by atoms with van der Waals surface area (Å²) in [6, 6.07) is 8.15. The number of phenolic OH excluding ortho intramolecular Hbond substituents is 1. The number of aromatic nitrogens is 1. The van der Waals surface area contributed by atoms with Crippen LogP contribution in [0.1, 0.15) is 37.1 Å². The van der Waals surface area contributed by atoms with Crippen molar-refractivity contribution in [3.63, 3.8) is 0 Å². The van der Waals surface area contributed by atoms with Crippen molar-refractivity contribution in [3.8, 4) is 17.4 Å². The van der Waals surface area contributed by atoms with Crippen LogP contribution in [0.4, 0.5) is 4.79 Å². The fourth-order valence-corrected chi connectivity index (χ4v) is 4.77. The monoisotopic (exact) mass is 437 g/mol. The van der Waals surface area contributed by atoms with E-state index in [4.69, 9.17) is 25.7 Å². The molecule has 8 heteroatoms. The number of allylic oxidation sites excluding steroid dienone is 2. The molecular formula is C24H27N3O5. The first-order valence-electron chi connectivity index (χ1n) is 10.3. The van der Waals surface area contributed by atoms with Gasteiger partial charge in [0.25, 0.3) is 0 Å². The molecule has 1 aromatic carbocycles. The van der Waals surface area contributed by atoms with Gasteiger partial charge >= 0.3 is 6.16 Å². The van der Waals surface area contributed by atoms with Gasteiger partial charge in [0, 0.05) is 24.1 Å². The Morgan fingerprint density at radius 2 is 2.09 bits per heavy atom. The summed E-state index contributed by atoms with van der Waals surface area (Å²) in [6.07, 6.45) is 2.61. The highest BCUT2D eigenvalue weighted by Crippen LogP contribution is 2.49. The van der Waals surface area contributed by atoms with Crippen molar-refractivity contribution in [2.24, 2.45) is 17.4 Å². The molecule has 0 fully saturated rings. The Hall–Kier alpha value is -3.52. The number of phenols is 1. The van der Waals surface area contributed by atoms with Crippen LogP contribution in [-0.4, -0.2) is 23.4 Å². The Balaban J connectivity index is 1.49. The number of hydrogen-bond acceptors (Lipinski definition) is 8. The summed E-state index contributed by atoms with van der Waals surface area (Å²) in [7, 11) is 1.44. The van der Waals surface area contributed by atoms with E-state index in [-0.39, 0.29) is 24.2 Å². The maximum atomic E-state index is 12.2. The third-order valence-corrected chi connectivity index (χ3v) is 5.95. The molecule has 1 heterocycles. The SMILES string of the molecule is COc1cc(COC(=O)Oc2ccc3c(n2)C[C@H]2C=C(C)C[C@]3(N)/C2=C(/C)N)ccc1O. The molecule has 1 aromatic heterocycles. The Morgan fingerprint density at radius 3 is 2.81 bits per heavy atom. The first-order valence-corrected chi connectivity index (χ1v) is 10.3. The number of rotatable bonds is 4. The zero-order chi connectivity index (χ0) is 23.0. The Morgan fingerprint density at radius 1 is 1.31 bits per heavy atom. The fraction of sp³-hybridized carbons (Fsp3) is 0.333. The molecule has 5 N–H and O–H groups in total. The van der Waals surface area contributed by atoms with E-state index in [9.17, 15) is 9.90 Å². The van der Waals surface area contributed by atoms with E-state index in [1.807, 2.05) is 13.0 Å². The minimum atomic E-state index is -0.878. The van der Waals surface area contributed by atoms with Gasteiger partial charge in [-0.2, -0.15) is 0 Å². The summed E-state index contributed by atoms with van der Waals surface area (Å²) in [5.41, 5.74) is 17.7. The van der Waals surface area contributed by atoms with E-state index in [1.165, 1.54) is 18.7 Å². The van der Waals surface area contributed by atoms with Crippen LogP contribution in [0.25, 0.3) is 0 Å². The predicted octanol–water partition coefficient (Wildman–Crippen LogP) is 3.42. The van der Waals surface area contributed by atoms with Crippen LogP contribution in [0.2, 0.25) is 0 Å². The molecule has 8 nitrogen and oxygen atoms in total. The van der Waals surface area contributed by atoms with Crippen molar-refractivity contribution in [1.29, 1.82) is 0 Å². The minimum absolute atomic E-state index is 0.00685. The molecule has 168 valence electrons. The number of carbonyl (C=O) groups excluding carboxylic acids is 1. The summed E-state index contributed by atoms with van der Waals surface area (Å²) in [5.74, 6) is 0.525. The molecule has 2 aromatic rings. The van der Waals surface area contributed by atoms with Gasteiger partial charge in [-0.3, -0.25) is 0 Å². The Kier molecular flexibility index (Phi) is 5.56. The van der Waals surface area contributed by atoms with Crippen LogP contribution in [0.15, 0.2) is 53.3 Å². The van der Waals surface area contributed by atoms with Gasteiger partial charge in [0.15, 0.2) is 11.5 Å². The smallest absolute Gasteiger partial charge is 0.504 e. The highest BCUT2D eigenvalue weighted by Gasteiger charge is 2.45. The van der Waals surface area contributed by atoms with Crippen molar-refractivity contribution >= 4 is 6.16 Å². The van der Waals surface area contributed by atoms with Gasteiger partial charge in [-0.25, -0.2) is 9.78 Å².